The van der Waals surface area contributed by atoms with Crippen LogP contribution in [0.25, 0.3) is 0 Å². The minimum atomic E-state index is -3.92. The highest BCUT2D eigenvalue weighted by Crippen LogP contribution is 2.20. The van der Waals surface area contributed by atoms with Crippen molar-refractivity contribution in [3.63, 3.8) is 0 Å². The molecule has 0 bridgehead atoms. The van der Waals surface area contributed by atoms with Crippen molar-refractivity contribution in [3.8, 4) is 0 Å². The second-order valence-corrected chi connectivity index (χ2v) is 6.94. The number of halogens is 2. The molecule has 0 fully saturated rings. The summed E-state index contributed by atoms with van der Waals surface area (Å²) in [5.74, 6) is -0.864. The van der Waals surface area contributed by atoms with E-state index in [1.807, 2.05) is 5.38 Å². The molecule has 2 heterocycles. The summed E-state index contributed by atoms with van der Waals surface area (Å²) in [5, 5.41) is 1.26. The van der Waals surface area contributed by atoms with E-state index in [-0.39, 0.29) is 6.54 Å². The highest BCUT2D eigenvalue weighted by molar-refractivity contribution is 9.10. The zero-order chi connectivity index (χ0) is 13.2. The predicted molar refractivity (Wildman–Crippen MR) is 70.2 cm³/mol. The van der Waals surface area contributed by atoms with Gasteiger partial charge in [0.2, 0.25) is 5.03 Å². The number of nitrogens with zero attached hydrogens (tertiary/aromatic N) is 1. The molecule has 1 N–H and O–H groups in total. The van der Waals surface area contributed by atoms with Crippen LogP contribution in [0.1, 0.15) is 4.88 Å². The molecule has 96 valence electrons. The fourth-order valence-electron chi connectivity index (χ4n) is 1.25. The number of hydrogen-bond acceptors (Lipinski definition) is 4. The first-order valence-corrected chi connectivity index (χ1v) is 7.98. The molecule has 0 saturated heterocycles. The van der Waals surface area contributed by atoms with Gasteiger partial charge in [-0.05, 0) is 34.1 Å². The molecule has 0 aromatic carbocycles. The smallest absolute Gasteiger partial charge is 0.241 e. The summed E-state index contributed by atoms with van der Waals surface area (Å²) >= 11 is 4.67. The number of thiophene rings is 1. The molecule has 0 aliphatic rings. The number of aromatic nitrogens is 1. The Bertz CT molecular complexity index is 657. The Kier molecular flexibility index (Phi) is 4.10. The first kappa shape index (κ1) is 13.6. The largest absolute Gasteiger partial charge is 0.261 e. The normalized spacial score (nSPS) is 11.7. The predicted octanol–water partition coefficient (Wildman–Crippen LogP) is 2.52. The SMILES string of the molecule is O=S(=O)(NCc1cc(Br)cs1)c1ncccc1F. The Labute approximate surface area is 116 Å². The maximum absolute atomic E-state index is 13.3. The summed E-state index contributed by atoms with van der Waals surface area (Å²) in [4.78, 5) is 4.36. The summed E-state index contributed by atoms with van der Waals surface area (Å²) in [7, 11) is -3.92. The van der Waals surface area contributed by atoms with Gasteiger partial charge in [-0.3, -0.25) is 0 Å². The quantitative estimate of drug-likeness (QED) is 0.921. The Hall–Kier alpha value is -0.830. The van der Waals surface area contributed by atoms with Gasteiger partial charge in [0.05, 0.1) is 0 Å². The van der Waals surface area contributed by atoms with Gasteiger partial charge in [0.25, 0.3) is 10.0 Å². The minimum Gasteiger partial charge on any atom is -0.241 e. The lowest BCUT2D eigenvalue weighted by Crippen LogP contribution is -2.24. The third-order valence-electron chi connectivity index (χ3n) is 2.04. The van der Waals surface area contributed by atoms with E-state index >= 15 is 0 Å². The van der Waals surface area contributed by atoms with Crippen molar-refractivity contribution in [2.45, 2.75) is 11.6 Å². The highest BCUT2D eigenvalue weighted by atomic mass is 79.9. The molecule has 2 rings (SSSR count). The lowest BCUT2D eigenvalue weighted by Gasteiger charge is -2.05. The van der Waals surface area contributed by atoms with Gasteiger partial charge in [0.1, 0.15) is 0 Å². The average Bonchev–Trinajstić information content (AvgIpc) is 2.73. The first-order valence-electron chi connectivity index (χ1n) is 4.82. The number of pyridine rings is 1. The molecule has 0 aliphatic heterocycles. The van der Waals surface area contributed by atoms with Crippen LogP contribution in [-0.2, 0) is 16.6 Å². The summed E-state index contributed by atoms with van der Waals surface area (Å²) < 4.78 is 40.1. The maximum atomic E-state index is 13.3. The van der Waals surface area contributed by atoms with Crippen LogP contribution in [0.3, 0.4) is 0 Å². The topological polar surface area (TPSA) is 59.1 Å². The second kappa shape index (κ2) is 5.43. The standard InChI is InChI=1S/C10H8BrFN2O2S2/c11-7-4-8(17-6-7)5-14-18(15,16)10-9(12)2-1-3-13-10/h1-4,6,14H,5H2. The number of sulfonamides is 1. The van der Waals surface area contributed by atoms with Gasteiger partial charge in [0, 0.05) is 27.5 Å². The molecule has 0 aliphatic carbocycles. The third-order valence-corrected chi connectivity index (χ3v) is 5.07. The summed E-state index contributed by atoms with van der Waals surface area (Å²) in [6.45, 7) is 0.106. The van der Waals surface area contributed by atoms with Gasteiger partial charge in [-0.15, -0.1) is 11.3 Å². The van der Waals surface area contributed by atoms with Crippen LogP contribution >= 0.6 is 27.3 Å². The van der Waals surface area contributed by atoms with Crippen molar-refractivity contribution in [2.75, 3.05) is 0 Å². The molecule has 0 saturated carbocycles. The van der Waals surface area contributed by atoms with Gasteiger partial charge in [-0.25, -0.2) is 22.5 Å². The van der Waals surface area contributed by atoms with Crippen molar-refractivity contribution in [1.29, 1.82) is 0 Å². The fourth-order valence-corrected chi connectivity index (χ4v) is 3.74. The monoisotopic (exact) mass is 350 g/mol. The molecular weight excluding hydrogens is 343 g/mol. The minimum absolute atomic E-state index is 0.106. The Morgan fingerprint density at radius 2 is 2.28 bits per heavy atom. The Balaban J connectivity index is 2.16. The molecule has 4 nitrogen and oxygen atoms in total. The van der Waals surface area contributed by atoms with Crippen LogP contribution in [0, 0.1) is 5.82 Å². The van der Waals surface area contributed by atoms with Gasteiger partial charge in [0.15, 0.2) is 5.82 Å². The molecule has 0 radical (unpaired) electrons. The van der Waals surface area contributed by atoms with Crippen molar-refractivity contribution >= 4 is 37.3 Å². The fraction of sp³-hybridized carbons (Fsp3) is 0.100. The van der Waals surface area contributed by atoms with E-state index in [1.54, 1.807) is 6.07 Å². The molecule has 2 aromatic heterocycles. The third kappa shape index (κ3) is 3.14. The number of hydrogen-bond donors (Lipinski definition) is 1. The molecule has 0 unspecified atom stereocenters. The zero-order valence-electron chi connectivity index (χ0n) is 8.93. The molecule has 8 heteroatoms. The zero-order valence-corrected chi connectivity index (χ0v) is 12.1. The number of rotatable bonds is 4. The summed E-state index contributed by atoms with van der Waals surface area (Å²) in [5.41, 5.74) is 0. The number of nitrogens with one attached hydrogen (secondary N) is 1. The van der Waals surface area contributed by atoms with Crippen LogP contribution in [0.4, 0.5) is 4.39 Å². The van der Waals surface area contributed by atoms with E-state index in [2.05, 4.69) is 25.6 Å². The van der Waals surface area contributed by atoms with Crippen LogP contribution in [-0.4, -0.2) is 13.4 Å². The van der Waals surface area contributed by atoms with E-state index < -0.39 is 20.9 Å². The van der Waals surface area contributed by atoms with Crippen LogP contribution < -0.4 is 4.72 Å². The molecule has 18 heavy (non-hydrogen) atoms. The summed E-state index contributed by atoms with van der Waals surface area (Å²) in [6.07, 6.45) is 1.24. The van der Waals surface area contributed by atoms with E-state index in [1.165, 1.54) is 23.6 Å². The van der Waals surface area contributed by atoms with E-state index in [4.69, 9.17) is 0 Å². The highest BCUT2D eigenvalue weighted by Gasteiger charge is 2.20. The molecule has 0 atom stereocenters. The lowest BCUT2D eigenvalue weighted by molar-refractivity contribution is 0.544. The van der Waals surface area contributed by atoms with Crippen LogP contribution in [0.2, 0.25) is 0 Å². The average molecular weight is 351 g/mol. The lowest BCUT2D eigenvalue weighted by atomic mass is 10.5. The Morgan fingerprint density at radius 1 is 1.50 bits per heavy atom. The van der Waals surface area contributed by atoms with Crippen LogP contribution in [0.15, 0.2) is 39.3 Å². The van der Waals surface area contributed by atoms with E-state index in [9.17, 15) is 12.8 Å². The maximum Gasteiger partial charge on any atom is 0.261 e. The van der Waals surface area contributed by atoms with Gasteiger partial charge < -0.3 is 0 Å². The Morgan fingerprint density at radius 3 is 2.89 bits per heavy atom. The van der Waals surface area contributed by atoms with E-state index in [0.717, 1.165) is 15.4 Å². The van der Waals surface area contributed by atoms with Gasteiger partial charge in [-0.1, -0.05) is 0 Å². The molecule has 0 spiro atoms. The van der Waals surface area contributed by atoms with Crippen LogP contribution in [0.5, 0.6) is 0 Å². The molecule has 2 aromatic rings. The van der Waals surface area contributed by atoms with Crippen molar-refractivity contribution in [1.82, 2.24) is 9.71 Å². The van der Waals surface area contributed by atoms with E-state index in [0.29, 0.717) is 0 Å². The van der Waals surface area contributed by atoms with Crippen molar-refractivity contribution in [2.24, 2.45) is 0 Å². The second-order valence-electron chi connectivity index (χ2n) is 3.35. The van der Waals surface area contributed by atoms with Crippen molar-refractivity contribution < 1.29 is 12.8 Å². The van der Waals surface area contributed by atoms with Gasteiger partial charge in [-0.2, -0.15) is 0 Å². The molecular formula is C10H8BrFN2O2S2. The summed E-state index contributed by atoms with van der Waals surface area (Å²) in [6, 6.07) is 4.19. The first-order chi connectivity index (χ1) is 8.49. The van der Waals surface area contributed by atoms with Crippen molar-refractivity contribution in [3.05, 3.63) is 44.9 Å². The van der Waals surface area contributed by atoms with Gasteiger partial charge >= 0.3 is 0 Å². The molecule has 0 amide bonds.